The van der Waals surface area contributed by atoms with Crippen LogP contribution in [0.2, 0.25) is 0 Å². The number of fused-ring (bicyclic) bond motifs is 1. The predicted octanol–water partition coefficient (Wildman–Crippen LogP) is 4.44. The second-order valence-electron chi connectivity index (χ2n) is 6.06. The van der Waals surface area contributed by atoms with Crippen molar-refractivity contribution in [1.82, 2.24) is 0 Å². The average Bonchev–Trinajstić information content (AvgIpc) is 2.47. The number of hydrogen-bond acceptors (Lipinski definition) is 2. The van der Waals surface area contributed by atoms with E-state index < -0.39 is 0 Å². The van der Waals surface area contributed by atoms with Crippen LogP contribution in [-0.2, 0) is 12.8 Å². The van der Waals surface area contributed by atoms with Crippen LogP contribution in [0.25, 0.3) is 0 Å². The van der Waals surface area contributed by atoms with Crippen molar-refractivity contribution < 1.29 is 4.74 Å². The number of nitrogens with one attached hydrogen (secondary N) is 1. The Morgan fingerprint density at radius 3 is 2.86 bits per heavy atom. The molecular formula is C19H23NO. The highest BCUT2D eigenvalue weighted by Crippen LogP contribution is 2.26. The first-order valence-electron chi connectivity index (χ1n) is 7.81. The van der Waals surface area contributed by atoms with Gasteiger partial charge in [-0.15, -0.1) is 0 Å². The van der Waals surface area contributed by atoms with Crippen molar-refractivity contribution in [2.75, 3.05) is 5.32 Å². The zero-order chi connectivity index (χ0) is 14.7. The van der Waals surface area contributed by atoms with Gasteiger partial charge in [-0.2, -0.15) is 0 Å². The third-order valence-corrected chi connectivity index (χ3v) is 3.89. The predicted molar refractivity (Wildman–Crippen MR) is 88.1 cm³/mol. The highest BCUT2D eigenvalue weighted by Gasteiger charge is 2.17. The van der Waals surface area contributed by atoms with E-state index in [9.17, 15) is 0 Å². The molecule has 1 atom stereocenters. The summed E-state index contributed by atoms with van der Waals surface area (Å²) in [6.07, 6.45) is 3.62. The molecule has 0 aromatic heterocycles. The standard InChI is InChI=1S/C19H23NO/c1-14(2)21-18-8-5-6-15(13-18)12-17-11-10-16-7-3-4-9-19(16)20-17/h3-9,13-14,17,20H,10-12H2,1-2H3. The van der Waals surface area contributed by atoms with E-state index in [-0.39, 0.29) is 6.10 Å². The Morgan fingerprint density at radius 2 is 2.00 bits per heavy atom. The molecule has 1 heterocycles. The minimum Gasteiger partial charge on any atom is -0.491 e. The Kier molecular flexibility index (Phi) is 4.14. The number of ether oxygens (including phenoxy) is 1. The number of anilines is 1. The van der Waals surface area contributed by atoms with Crippen LogP contribution in [0, 0.1) is 0 Å². The van der Waals surface area contributed by atoms with Crippen molar-refractivity contribution in [2.45, 2.75) is 45.3 Å². The van der Waals surface area contributed by atoms with Crippen LogP contribution in [0.3, 0.4) is 0 Å². The first kappa shape index (κ1) is 14.0. The largest absolute Gasteiger partial charge is 0.491 e. The summed E-state index contributed by atoms with van der Waals surface area (Å²) in [6.45, 7) is 4.12. The molecule has 110 valence electrons. The summed E-state index contributed by atoms with van der Waals surface area (Å²) >= 11 is 0. The topological polar surface area (TPSA) is 21.3 Å². The lowest BCUT2D eigenvalue weighted by molar-refractivity contribution is 0.242. The first-order valence-corrected chi connectivity index (χ1v) is 7.81. The molecule has 2 aromatic rings. The molecule has 1 unspecified atom stereocenters. The fraction of sp³-hybridized carbons (Fsp3) is 0.368. The van der Waals surface area contributed by atoms with Crippen molar-refractivity contribution in [3.8, 4) is 5.75 Å². The zero-order valence-corrected chi connectivity index (χ0v) is 12.8. The second-order valence-corrected chi connectivity index (χ2v) is 6.06. The maximum absolute atomic E-state index is 5.78. The molecule has 0 saturated carbocycles. The van der Waals surface area contributed by atoms with E-state index in [2.05, 4.69) is 61.6 Å². The van der Waals surface area contributed by atoms with Gasteiger partial charge in [0.05, 0.1) is 6.10 Å². The molecule has 2 aromatic carbocycles. The van der Waals surface area contributed by atoms with Gasteiger partial charge in [-0.3, -0.25) is 0 Å². The molecule has 1 aliphatic heterocycles. The Hall–Kier alpha value is -1.96. The van der Waals surface area contributed by atoms with E-state index >= 15 is 0 Å². The Balaban J connectivity index is 1.68. The van der Waals surface area contributed by atoms with Gasteiger partial charge in [0.15, 0.2) is 0 Å². The minimum atomic E-state index is 0.222. The van der Waals surface area contributed by atoms with E-state index in [0.717, 1.165) is 18.6 Å². The number of benzene rings is 2. The van der Waals surface area contributed by atoms with Crippen molar-refractivity contribution in [3.63, 3.8) is 0 Å². The lowest BCUT2D eigenvalue weighted by Crippen LogP contribution is -2.27. The fourth-order valence-electron chi connectivity index (χ4n) is 2.96. The van der Waals surface area contributed by atoms with Gasteiger partial charge in [0.2, 0.25) is 0 Å². The van der Waals surface area contributed by atoms with E-state index in [0.29, 0.717) is 6.04 Å². The summed E-state index contributed by atoms with van der Waals surface area (Å²) in [5.41, 5.74) is 4.07. The van der Waals surface area contributed by atoms with Crippen LogP contribution in [0.15, 0.2) is 48.5 Å². The third-order valence-electron chi connectivity index (χ3n) is 3.89. The summed E-state index contributed by atoms with van der Waals surface area (Å²) in [5, 5.41) is 3.66. The molecule has 21 heavy (non-hydrogen) atoms. The normalized spacial score (nSPS) is 17.2. The van der Waals surface area contributed by atoms with E-state index in [1.165, 1.54) is 23.2 Å². The molecule has 0 bridgehead atoms. The third kappa shape index (κ3) is 3.57. The van der Waals surface area contributed by atoms with Gasteiger partial charge in [0.1, 0.15) is 5.75 Å². The lowest BCUT2D eigenvalue weighted by Gasteiger charge is -2.27. The van der Waals surface area contributed by atoms with Crippen LogP contribution in [-0.4, -0.2) is 12.1 Å². The molecule has 1 N–H and O–H groups in total. The summed E-state index contributed by atoms with van der Waals surface area (Å²) in [4.78, 5) is 0. The highest BCUT2D eigenvalue weighted by atomic mass is 16.5. The molecule has 0 aliphatic carbocycles. The molecule has 0 radical (unpaired) electrons. The van der Waals surface area contributed by atoms with Gasteiger partial charge >= 0.3 is 0 Å². The average molecular weight is 281 g/mol. The van der Waals surface area contributed by atoms with E-state index in [1.807, 2.05) is 6.07 Å². The summed E-state index contributed by atoms with van der Waals surface area (Å²) in [7, 11) is 0. The van der Waals surface area contributed by atoms with Crippen molar-refractivity contribution in [1.29, 1.82) is 0 Å². The van der Waals surface area contributed by atoms with Gasteiger partial charge in [-0.05, 0) is 62.4 Å². The molecule has 0 fully saturated rings. The molecule has 2 nitrogen and oxygen atoms in total. The molecule has 0 saturated heterocycles. The maximum atomic E-state index is 5.78. The maximum Gasteiger partial charge on any atom is 0.119 e. The first-order chi connectivity index (χ1) is 10.2. The monoisotopic (exact) mass is 281 g/mol. The molecule has 0 amide bonds. The second kappa shape index (κ2) is 6.21. The SMILES string of the molecule is CC(C)Oc1cccc(CC2CCc3ccccc3N2)c1. The van der Waals surface area contributed by atoms with Crippen LogP contribution in [0.5, 0.6) is 5.75 Å². The highest BCUT2D eigenvalue weighted by molar-refractivity contribution is 5.54. The molecule has 2 heteroatoms. The quantitative estimate of drug-likeness (QED) is 0.894. The van der Waals surface area contributed by atoms with Gasteiger partial charge in [-0.25, -0.2) is 0 Å². The molecule has 3 rings (SSSR count). The van der Waals surface area contributed by atoms with Gasteiger partial charge < -0.3 is 10.1 Å². The summed E-state index contributed by atoms with van der Waals surface area (Å²) in [5.74, 6) is 0.971. The van der Waals surface area contributed by atoms with Gasteiger partial charge in [-0.1, -0.05) is 30.3 Å². The Labute approximate surface area is 127 Å². The van der Waals surface area contributed by atoms with Crippen LogP contribution >= 0.6 is 0 Å². The van der Waals surface area contributed by atoms with Crippen molar-refractivity contribution >= 4 is 5.69 Å². The summed E-state index contributed by atoms with van der Waals surface area (Å²) in [6, 6.07) is 17.6. The van der Waals surface area contributed by atoms with Crippen LogP contribution in [0.4, 0.5) is 5.69 Å². The van der Waals surface area contributed by atoms with Gasteiger partial charge in [0, 0.05) is 11.7 Å². The van der Waals surface area contributed by atoms with Crippen LogP contribution in [0.1, 0.15) is 31.4 Å². The van der Waals surface area contributed by atoms with E-state index in [1.54, 1.807) is 0 Å². The summed E-state index contributed by atoms with van der Waals surface area (Å²) < 4.78 is 5.78. The number of hydrogen-bond donors (Lipinski definition) is 1. The lowest BCUT2D eigenvalue weighted by atomic mass is 9.94. The van der Waals surface area contributed by atoms with Crippen molar-refractivity contribution in [2.24, 2.45) is 0 Å². The van der Waals surface area contributed by atoms with Crippen molar-refractivity contribution in [3.05, 3.63) is 59.7 Å². The van der Waals surface area contributed by atoms with Gasteiger partial charge in [0.25, 0.3) is 0 Å². The molecule has 1 aliphatic rings. The number of rotatable bonds is 4. The number of aryl methyl sites for hydroxylation is 1. The fourth-order valence-corrected chi connectivity index (χ4v) is 2.96. The Bertz CT molecular complexity index is 606. The minimum absolute atomic E-state index is 0.222. The molecular weight excluding hydrogens is 258 g/mol. The van der Waals surface area contributed by atoms with E-state index in [4.69, 9.17) is 4.74 Å². The molecule has 0 spiro atoms. The smallest absolute Gasteiger partial charge is 0.119 e. The Morgan fingerprint density at radius 1 is 1.14 bits per heavy atom. The van der Waals surface area contributed by atoms with Crippen LogP contribution < -0.4 is 10.1 Å². The number of para-hydroxylation sites is 1. The zero-order valence-electron chi connectivity index (χ0n) is 12.8.